The number of aromatic nitrogens is 2. The zero-order valence-corrected chi connectivity index (χ0v) is 13.6. The SMILES string of the molecule is CCCc1nnc(SCC(=O)Nc2cc(Cl)cc(Cl)c2)o1. The molecular weight excluding hydrogens is 333 g/mol. The van der Waals surface area contributed by atoms with Gasteiger partial charge in [0.15, 0.2) is 0 Å². The average Bonchev–Trinajstić information content (AvgIpc) is 2.83. The topological polar surface area (TPSA) is 68.0 Å². The predicted molar refractivity (Wildman–Crippen MR) is 84.1 cm³/mol. The molecule has 21 heavy (non-hydrogen) atoms. The molecule has 1 N–H and O–H groups in total. The van der Waals surface area contributed by atoms with E-state index in [1.165, 1.54) is 11.8 Å². The fourth-order valence-electron chi connectivity index (χ4n) is 1.56. The summed E-state index contributed by atoms with van der Waals surface area (Å²) >= 11 is 12.9. The number of carbonyl (C=O) groups excluding carboxylic acids is 1. The summed E-state index contributed by atoms with van der Waals surface area (Å²) in [5, 5.41) is 11.8. The lowest BCUT2D eigenvalue weighted by Crippen LogP contribution is -2.13. The van der Waals surface area contributed by atoms with E-state index in [4.69, 9.17) is 27.6 Å². The summed E-state index contributed by atoms with van der Waals surface area (Å²) in [6, 6.07) is 4.85. The highest BCUT2D eigenvalue weighted by Crippen LogP contribution is 2.23. The first-order chi connectivity index (χ1) is 10.1. The molecule has 0 unspecified atom stereocenters. The van der Waals surface area contributed by atoms with Crippen LogP contribution in [0.15, 0.2) is 27.8 Å². The van der Waals surface area contributed by atoms with Gasteiger partial charge in [0.05, 0.1) is 5.75 Å². The third-order valence-electron chi connectivity index (χ3n) is 2.39. The minimum absolute atomic E-state index is 0.165. The molecule has 0 aliphatic heterocycles. The maximum absolute atomic E-state index is 11.8. The van der Waals surface area contributed by atoms with Gasteiger partial charge >= 0.3 is 0 Å². The Labute approximate surface area is 136 Å². The van der Waals surface area contributed by atoms with Crippen LogP contribution in [0.3, 0.4) is 0 Å². The molecule has 2 rings (SSSR count). The first-order valence-electron chi connectivity index (χ1n) is 6.28. The third kappa shape index (κ3) is 5.22. The first kappa shape index (κ1) is 16.1. The van der Waals surface area contributed by atoms with E-state index in [1.807, 2.05) is 6.92 Å². The largest absolute Gasteiger partial charge is 0.416 e. The normalized spacial score (nSPS) is 10.6. The van der Waals surface area contributed by atoms with Crippen molar-refractivity contribution in [1.29, 1.82) is 0 Å². The van der Waals surface area contributed by atoms with E-state index < -0.39 is 0 Å². The van der Waals surface area contributed by atoms with Crippen LogP contribution >= 0.6 is 35.0 Å². The van der Waals surface area contributed by atoms with Gasteiger partial charge in [0.1, 0.15) is 0 Å². The molecule has 0 radical (unpaired) electrons. The maximum Gasteiger partial charge on any atom is 0.277 e. The number of anilines is 1. The molecule has 0 aliphatic rings. The molecule has 1 aromatic carbocycles. The van der Waals surface area contributed by atoms with Gasteiger partial charge in [-0.15, -0.1) is 10.2 Å². The number of benzene rings is 1. The van der Waals surface area contributed by atoms with Gasteiger partial charge in [0.25, 0.3) is 5.22 Å². The number of nitrogens with zero attached hydrogens (tertiary/aromatic N) is 2. The summed E-state index contributed by atoms with van der Waals surface area (Å²) in [6.07, 6.45) is 1.67. The van der Waals surface area contributed by atoms with Gasteiger partial charge in [-0.25, -0.2) is 0 Å². The summed E-state index contributed by atoms with van der Waals surface area (Å²) in [7, 11) is 0. The van der Waals surface area contributed by atoms with Crippen molar-refractivity contribution in [2.24, 2.45) is 0 Å². The first-order valence-corrected chi connectivity index (χ1v) is 8.02. The van der Waals surface area contributed by atoms with Crippen molar-refractivity contribution in [1.82, 2.24) is 10.2 Å². The number of hydrogen-bond acceptors (Lipinski definition) is 5. The number of thioether (sulfide) groups is 1. The number of rotatable bonds is 6. The lowest BCUT2D eigenvalue weighted by atomic mass is 10.3. The predicted octanol–water partition coefficient (Wildman–Crippen LogP) is 4.06. The Balaban J connectivity index is 1.86. The van der Waals surface area contributed by atoms with E-state index in [1.54, 1.807) is 18.2 Å². The van der Waals surface area contributed by atoms with Crippen LogP contribution in [0.5, 0.6) is 0 Å². The molecular formula is C13H13Cl2N3O2S. The van der Waals surface area contributed by atoms with Gasteiger partial charge in [-0.2, -0.15) is 0 Å². The van der Waals surface area contributed by atoms with E-state index in [0.29, 0.717) is 26.8 Å². The van der Waals surface area contributed by atoms with Crippen LogP contribution in [-0.2, 0) is 11.2 Å². The molecule has 0 fully saturated rings. The van der Waals surface area contributed by atoms with Crippen LogP contribution in [0, 0.1) is 0 Å². The molecule has 5 nitrogen and oxygen atoms in total. The Morgan fingerprint density at radius 1 is 1.29 bits per heavy atom. The zero-order valence-electron chi connectivity index (χ0n) is 11.2. The Bertz CT molecular complexity index is 613. The lowest BCUT2D eigenvalue weighted by Gasteiger charge is -2.05. The molecule has 1 heterocycles. The van der Waals surface area contributed by atoms with Gasteiger partial charge in [0.2, 0.25) is 11.8 Å². The lowest BCUT2D eigenvalue weighted by molar-refractivity contribution is -0.113. The van der Waals surface area contributed by atoms with Crippen LogP contribution < -0.4 is 5.32 Å². The van der Waals surface area contributed by atoms with Crippen LogP contribution in [0.4, 0.5) is 5.69 Å². The number of aryl methyl sites for hydroxylation is 1. The van der Waals surface area contributed by atoms with Gasteiger partial charge in [-0.1, -0.05) is 41.9 Å². The summed E-state index contributed by atoms with van der Waals surface area (Å²) in [4.78, 5) is 11.8. The van der Waals surface area contributed by atoms with Crippen molar-refractivity contribution in [3.05, 3.63) is 34.1 Å². The molecule has 0 saturated heterocycles. The number of nitrogens with one attached hydrogen (secondary N) is 1. The Morgan fingerprint density at radius 3 is 2.67 bits per heavy atom. The zero-order chi connectivity index (χ0) is 15.2. The Kier molecular flexibility index (Phi) is 5.90. The highest BCUT2D eigenvalue weighted by atomic mass is 35.5. The quantitative estimate of drug-likeness (QED) is 0.799. The van der Waals surface area contributed by atoms with Gasteiger partial charge in [-0.3, -0.25) is 4.79 Å². The van der Waals surface area contributed by atoms with E-state index >= 15 is 0 Å². The molecule has 0 aliphatic carbocycles. The fraction of sp³-hybridized carbons (Fsp3) is 0.308. The van der Waals surface area contributed by atoms with E-state index in [-0.39, 0.29) is 11.7 Å². The summed E-state index contributed by atoms with van der Waals surface area (Å²) in [5.74, 6) is 0.549. The van der Waals surface area contributed by atoms with Gasteiger partial charge in [0, 0.05) is 22.2 Å². The second-order valence-electron chi connectivity index (χ2n) is 4.21. The Hall–Kier alpha value is -1.24. The molecule has 0 bridgehead atoms. The Morgan fingerprint density at radius 2 is 2.00 bits per heavy atom. The molecule has 0 saturated carbocycles. The van der Waals surface area contributed by atoms with Crippen molar-refractivity contribution in [3.8, 4) is 0 Å². The number of hydrogen-bond donors (Lipinski definition) is 1. The number of amides is 1. The van der Waals surface area contributed by atoms with Crippen molar-refractivity contribution in [2.75, 3.05) is 11.1 Å². The smallest absolute Gasteiger partial charge is 0.277 e. The molecule has 2 aromatic rings. The average molecular weight is 346 g/mol. The summed E-state index contributed by atoms with van der Waals surface area (Å²) in [5.41, 5.74) is 0.551. The molecule has 0 spiro atoms. The number of halogens is 2. The molecule has 112 valence electrons. The van der Waals surface area contributed by atoms with Crippen LogP contribution in [0.2, 0.25) is 10.0 Å². The number of carbonyl (C=O) groups is 1. The van der Waals surface area contributed by atoms with Crippen LogP contribution in [-0.4, -0.2) is 21.9 Å². The van der Waals surface area contributed by atoms with Crippen molar-refractivity contribution >= 4 is 46.6 Å². The van der Waals surface area contributed by atoms with Crippen LogP contribution in [0.1, 0.15) is 19.2 Å². The molecule has 0 atom stereocenters. The van der Waals surface area contributed by atoms with Crippen molar-refractivity contribution in [2.45, 2.75) is 25.0 Å². The molecule has 1 amide bonds. The summed E-state index contributed by atoms with van der Waals surface area (Å²) < 4.78 is 5.38. The maximum atomic E-state index is 11.8. The monoisotopic (exact) mass is 345 g/mol. The highest BCUT2D eigenvalue weighted by molar-refractivity contribution is 7.99. The standard InChI is InChI=1S/C13H13Cl2N3O2S/c1-2-3-12-17-18-13(20-12)21-7-11(19)16-10-5-8(14)4-9(15)6-10/h4-6H,2-3,7H2,1H3,(H,16,19). The fourth-order valence-corrected chi connectivity index (χ4v) is 2.67. The molecule has 8 heteroatoms. The van der Waals surface area contributed by atoms with Gasteiger partial charge in [-0.05, 0) is 24.6 Å². The molecule has 1 aromatic heterocycles. The minimum Gasteiger partial charge on any atom is -0.416 e. The highest BCUT2D eigenvalue weighted by Gasteiger charge is 2.10. The van der Waals surface area contributed by atoms with Crippen molar-refractivity contribution in [3.63, 3.8) is 0 Å². The third-order valence-corrected chi connectivity index (χ3v) is 3.64. The minimum atomic E-state index is -0.200. The van der Waals surface area contributed by atoms with E-state index in [0.717, 1.165) is 12.8 Å². The second-order valence-corrected chi connectivity index (χ2v) is 6.01. The van der Waals surface area contributed by atoms with E-state index in [9.17, 15) is 4.79 Å². The van der Waals surface area contributed by atoms with E-state index in [2.05, 4.69) is 15.5 Å². The summed E-state index contributed by atoms with van der Waals surface area (Å²) in [6.45, 7) is 2.03. The van der Waals surface area contributed by atoms with Gasteiger partial charge < -0.3 is 9.73 Å². The second kappa shape index (κ2) is 7.68. The van der Waals surface area contributed by atoms with Crippen molar-refractivity contribution < 1.29 is 9.21 Å². The van der Waals surface area contributed by atoms with Crippen LogP contribution in [0.25, 0.3) is 0 Å².